The Hall–Kier alpha value is -2.38. The highest BCUT2D eigenvalue weighted by Crippen LogP contribution is 2.26. The molecule has 1 saturated heterocycles. The summed E-state index contributed by atoms with van der Waals surface area (Å²) in [6.07, 6.45) is 5.15. The van der Waals surface area contributed by atoms with Gasteiger partial charge in [-0.25, -0.2) is 8.42 Å². The highest BCUT2D eigenvalue weighted by molar-refractivity contribution is 7.92. The molecular weight excluding hydrogens is 410 g/mol. The fourth-order valence-electron chi connectivity index (χ4n) is 4.58. The third-order valence-electron chi connectivity index (χ3n) is 6.58. The predicted molar refractivity (Wildman–Crippen MR) is 123 cm³/mol. The first-order chi connectivity index (χ1) is 14.9. The Bertz CT molecular complexity index is 1020. The number of anilines is 1. The summed E-state index contributed by atoms with van der Waals surface area (Å²) in [6.45, 7) is 5.13. The number of sulfonamides is 1. The SMILES string of the molecule is Cc1ccc(N(C)S(=O)(=O)c2cccc(C(=O)N3CCN(C4CCCC4)CC3)c2)cc1. The zero-order valence-corrected chi connectivity index (χ0v) is 19.1. The summed E-state index contributed by atoms with van der Waals surface area (Å²) in [5, 5.41) is 0. The van der Waals surface area contributed by atoms with Gasteiger partial charge in [0.1, 0.15) is 0 Å². The molecule has 2 aromatic carbocycles. The normalized spacial score (nSPS) is 18.3. The van der Waals surface area contributed by atoms with Crippen molar-refractivity contribution in [3.8, 4) is 0 Å². The minimum atomic E-state index is -3.76. The van der Waals surface area contributed by atoms with E-state index in [0.717, 1.165) is 18.7 Å². The number of aryl methyl sites for hydroxylation is 1. The van der Waals surface area contributed by atoms with E-state index in [2.05, 4.69) is 4.90 Å². The Morgan fingerprint density at radius 2 is 1.61 bits per heavy atom. The second-order valence-electron chi connectivity index (χ2n) is 8.60. The van der Waals surface area contributed by atoms with E-state index in [-0.39, 0.29) is 10.8 Å². The number of hydrogen-bond acceptors (Lipinski definition) is 4. The van der Waals surface area contributed by atoms with E-state index in [1.165, 1.54) is 43.1 Å². The first kappa shape index (κ1) is 21.8. The summed E-state index contributed by atoms with van der Waals surface area (Å²) < 4.78 is 27.6. The Morgan fingerprint density at radius 3 is 2.26 bits per heavy atom. The van der Waals surface area contributed by atoms with Crippen LogP contribution in [0.1, 0.15) is 41.6 Å². The Morgan fingerprint density at radius 1 is 0.968 bits per heavy atom. The molecule has 2 aromatic rings. The maximum Gasteiger partial charge on any atom is 0.264 e. The van der Waals surface area contributed by atoms with Crippen molar-refractivity contribution in [2.75, 3.05) is 37.5 Å². The molecule has 6 nitrogen and oxygen atoms in total. The molecule has 2 aliphatic rings. The molecule has 2 fully saturated rings. The largest absolute Gasteiger partial charge is 0.336 e. The van der Waals surface area contributed by atoms with Crippen LogP contribution in [0.5, 0.6) is 0 Å². The van der Waals surface area contributed by atoms with Crippen LogP contribution in [-0.4, -0.2) is 63.4 Å². The molecule has 0 aromatic heterocycles. The van der Waals surface area contributed by atoms with Gasteiger partial charge in [0, 0.05) is 44.8 Å². The van der Waals surface area contributed by atoms with Gasteiger partial charge in [0.25, 0.3) is 15.9 Å². The average Bonchev–Trinajstić information content (AvgIpc) is 3.34. The molecule has 1 amide bonds. The molecule has 0 N–H and O–H groups in total. The Balaban J connectivity index is 1.47. The number of carbonyl (C=O) groups excluding carboxylic acids is 1. The van der Waals surface area contributed by atoms with Crippen LogP contribution in [0.4, 0.5) is 5.69 Å². The number of amides is 1. The van der Waals surface area contributed by atoms with Crippen molar-refractivity contribution in [3.05, 3.63) is 59.7 Å². The van der Waals surface area contributed by atoms with Gasteiger partial charge < -0.3 is 4.90 Å². The topological polar surface area (TPSA) is 60.9 Å². The molecule has 0 spiro atoms. The summed E-state index contributed by atoms with van der Waals surface area (Å²) in [5.41, 5.74) is 2.08. The van der Waals surface area contributed by atoms with Gasteiger partial charge in [-0.05, 0) is 50.1 Å². The summed E-state index contributed by atoms with van der Waals surface area (Å²) in [7, 11) is -2.22. The molecule has 0 atom stereocenters. The minimum absolute atomic E-state index is 0.0962. The smallest absolute Gasteiger partial charge is 0.264 e. The molecule has 4 rings (SSSR count). The van der Waals surface area contributed by atoms with Gasteiger partial charge in [0.2, 0.25) is 0 Å². The monoisotopic (exact) mass is 441 g/mol. The quantitative estimate of drug-likeness (QED) is 0.712. The highest BCUT2D eigenvalue weighted by Gasteiger charge is 2.29. The summed E-state index contributed by atoms with van der Waals surface area (Å²) in [6, 6.07) is 14.4. The highest BCUT2D eigenvalue weighted by atomic mass is 32.2. The summed E-state index contributed by atoms with van der Waals surface area (Å²) in [4.78, 5) is 17.6. The first-order valence-electron chi connectivity index (χ1n) is 11.1. The van der Waals surface area contributed by atoms with E-state index in [9.17, 15) is 13.2 Å². The van der Waals surface area contributed by atoms with Crippen molar-refractivity contribution in [3.63, 3.8) is 0 Å². The summed E-state index contributed by atoms with van der Waals surface area (Å²) in [5.74, 6) is -0.0962. The maximum absolute atomic E-state index is 13.2. The number of hydrogen-bond donors (Lipinski definition) is 0. The van der Waals surface area contributed by atoms with Gasteiger partial charge in [-0.3, -0.25) is 14.0 Å². The van der Waals surface area contributed by atoms with Crippen molar-refractivity contribution < 1.29 is 13.2 Å². The van der Waals surface area contributed by atoms with Crippen molar-refractivity contribution in [1.29, 1.82) is 0 Å². The maximum atomic E-state index is 13.2. The number of piperazine rings is 1. The van der Waals surface area contributed by atoms with E-state index in [1.807, 2.05) is 24.0 Å². The summed E-state index contributed by atoms with van der Waals surface area (Å²) >= 11 is 0. The van der Waals surface area contributed by atoms with Crippen LogP contribution < -0.4 is 4.31 Å². The second-order valence-corrected chi connectivity index (χ2v) is 10.6. The molecule has 1 saturated carbocycles. The number of nitrogens with zero attached hydrogens (tertiary/aromatic N) is 3. The molecule has 0 bridgehead atoms. The standard InChI is InChI=1S/C24H31N3O3S/c1-19-10-12-21(13-11-19)25(2)31(29,30)23-9-5-6-20(18-23)24(28)27-16-14-26(15-17-27)22-7-3-4-8-22/h5-6,9-13,18,22H,3-4,7-8,14-17H2,1-2H3. The number of carbonyl (C=O) groups is 1. The van der Waals surface area contributed by atoms with E-state index < -0.39 is 10.0 Å². The number of rotatable bonds is 5. The lowest BCUT2D eigenvalue weighted by molar-refractivity contribution is 0.0573. The molecule has 166 valence electrons. The molecule has 7 heteroatoms. The third kappa shape index (κ3) is 4.62. The zero-order valence-electron chi connectivity index (χ0n) is 18.3. The van der Waals surface area contributed by atoms with E-state index in [1.54, 1.807) is 30.3 Å². The lowest BCUT2D eigenvalue weighted by atomic mass is 10.1. The molecule has 1 aliphatic carbocycles. The van der Waals surface area contributed by atoms with Gasteiger partial charge in [0.05, 0.1) is 10.6 Å². The van der Waals surface area contributed by atoms with Crippen LogP contribution >= 0.6 is 0 Å². The molecular formula is C24H31N3O3S. The predicted octanol–water partition coefficient (Wildman–Crippen LogP) is 3.52. The van der Waals surface area contributed by atoms with Crippen LogP contribution in [0, 0.1) is 6.92 Å². The average molecular weight is 442 g/mol. The molecule has 0 radical (unpaired) electrons. The van der Waals surface area contributed by atoms with Gasteiger partial charge in [0.15, 0.2) is 0 Å². The first-order valence-corrected chi connectivity index (χ1v) is 12.5. The zero-order chi connectivity index (χ0) is 22.0. The van der Waals surface area contributed by atoms with Crippen LogP contribution in [-0.2, 0) is 10.0 Å². The Kier molecular flexibility index (Phi) is 6.34. The van der Waals surface area contributed by atoms with Crippen LogP contribution in [0.25, 0.3) is 0 Å². The fraction of sp³-hybridized carbons (Fsp3) is 0.458. The molecule has 31 heavy (non-hydrogen) atoms. The second kappa shape index (κ2) is 9.01. The van der Waals surface area contributed by atoms with Gasteiger partial charge in [-0.1, -0.05) is 36.6 Å². The van der Waals surface area contributed by atoms with Crippen molar-refractivity contribution in [2.45, 2.75) is 43.5 Å². The van der Waals surface area contributed by atoms with Crippen LogP contribution in [0.3, 0.4) is 0 Å². The van der Waals surface area contributed by atoms with Gasteiger partial charge in [-0.15, -0.1) is 0 Å². The molecule has 1 aliphatic heterocycles. The molecule has 0 unspecified atom stereocenters. The van der Waals surface area contributed by atoms with Gasteiger partial charge >= 0.3 is 0 Å². The lowest BCUT2D eigenvalue weighted by Gasteiger charge is -2.38. The van der Waals surface area contributed by atoms with Crippen LogP contribution in [0.2, 0.25) is 0 Å². The van der Waals surface area contributed by atoms with Crippen molar-refractivity contribution in [1.82, 2.24) is 9.80 Å². The lowest BCUT2D eigenvalue weighted by Crippen LogP contribution is -2.51. The van der Waals surface area contributed by atoms with Crippen LogP contribution in [0.15, 0.2) is 53.4 Å². The Labute approximate surface area is 185 Å². The number of benzene rings is 2. The van der Waals surface area contributed by atoms with E-state index >= 15 is 0 Å². The van der Waals surface area contributed by atoms with Crippen molar-refractivity contribution in [2.24, 2.45) is 0 Å². The molecule has 1 heterocycles. The van der Waals surface area contributed by atoms with E-state index in [4.69, 9.17) is 0 Å². The van der Waals surface area contributed by atoms with Gasteiger partial charge in [-0.2, -0.15) is 0 Å². The fourth-order valence-corrected chi connectivity index (χ4v) is 5.83. The third-order valence-corrected chi connectivity index (χ3v) is 8.36. The minimum Gasteiger partial charge on any atom is -0.336 e. The van der Waals surface area contributed by atoms with Crippen molar-refractivity contribution >= 4 is 21.6 Å². The van der Waals surface area contributed by atoms with E-state index in [0.29, 0.717) is 30.4 Å².